The molecule has 0 atom stereocenters. The van der Waals surface area contributed by atoms with Crippen molar-refractivity contribution < 1.29 is 4.74 Å². The van der Waals surface area contributed by atoms with Gasteiger partial charge in [0.05, 0.1) is 0 Å². The Morgan fingerprint density at radius 1 is 0.643 bits per heavy atom. The monoisotopic (exact) mass is 413 g/mol. The Morgan fingerprint density at radius 2 is 1.04 bits per heavy atom. The van der Waals surface area contributed by atoms with Crippen molar-refractivity contribution in [1.82, 2.24) is 0 Å². The summed E-state index contributed by atoms with van der Waals surface area (Å²) in [5.41, 5.74) is 5.57. The zero-order valence-electron chi connectivity index (χ0n) is 16.2. The van der Waals surface area contributed by atoms with Crippen molar-refractivity contribution in [3.05, 3.63) is 91.0 Å². The van der Waals surface area contributed by atoms with Gasteiger partial charge in [-0.1, -0.05) is 0 Å². The predicted octanol–water partition coefficient (Wildman–Crippen LogP) is 4.43. The number of hydrogen-bond donors (Lipinski definition) is 1. The minimum absolute atomic E-state index is 0.660. The molecular weight excluding hydrogens is 385 g/mol. The summed E-state index contributed by atoms with van der Waals surface area (Å²) in [7, 11) is 0. The molecule has 0 radical (unpaired) electrons. The van der Waals surface area contributed by atoms with Crippen LogP contribution in [-0.2, 0) is 4.74 Å². The Balaban J connectivity index is 2.08. The van der Waals surface area contributed by atoms with Crippen molar-refractivity contribution in [1.29, 1.82) is 0 Å². The first-order valence-electron chi connectivity index (χ1n) is 9.87. The average Bonchev–Trinajstić information content (AvgIpc) is 2.78. The fourth-order valence-corrected chi connectivity index (χ4v) is 9.95. The molecule has 0 spiro atoms. The summed E-state index contributed by atoms with van der Waals surface area (Å²) in [5, 5.41) is 3.61. The van der Waals surface area contributed by atoms with Crippen LogP contribution < -0.4 is 21.6 Å². The van der Waals surface area contributed by atoms with Crippen molar-refractivity contribution in [2.45, 2.75) is 12.8 Å². The van der Waals surface area contributed by atoms with E-state index < -0.39 is 5.96 Å². The first kappa shape index (κ1) is 21.0. The molecule has 0 saturated carbocycles. The Bertz CT molecular complexity index is 743. The summed E-state index contributed by atoms with van der Waals surface area (Å²) < 4.78 is 5.80. The number of benzene rings is 3. The standard InChI is InChI=1S/C24H29ClNOP/c25-28(22-12-4-1-5-13-22,23-14-6-2-7-15-23,24-16-8-3-9-17-24)21-11-20-27-19-10-18-26/h1-9,12-17H,10-11,18-21,26H2. The van der Waals surface area contributed by atoms with Gasteiger partial charge in [-0.05, 0) is 0 Å². The number of rotatable bonds is 10. The molecule has 0 bridgehead atoms. The maximum absolute atomic E-state index is 7.97. The first-order chi connectivity index (χ1) is 13.7. The van der Waals surface area contributed by atoms with Crippen LogP contribution in [0, 0.1) is 0 Å². The van der Waals surface area contributed by atoms with Gasteiger partial charge in [0, 0.05) is 0 Å². The molecule has 2 nitrogen and oxygen atoms in total. The fraction of sp³-hybridized carbons (Fsp3) is 0.250. The Morgan fingerprint density at radius 3 is 1.43 bits per heavy atom. The van der Waals surface area contributed by atoms with Gasteiger partial charge in [0.15, 0.2) is 0 Å². The van der Waals surface area contributed by atoms with E-state index in [9.17, 15) is 0 Å². The molecule has 2 N–H and O–H groups in total. The molecule has 0 aliphatic heterocycles. The van der Waals surface area contributed by atoms with Crippen molar-refractivity contribution >= 4 is 33.1 Å². The third kappa shape index (κ3) is 4.16. The van der Waals surface area contributed by atoms with Gasteiger partial charge >= 0.3 is 173 Å². The number of ether oxygens (including phenoxy) is 1. The van der Waals surface area contributed by atoms with Crippen molar-refractivity contribution in [3.8, 4) is 0 Å². The quantitative estimate of drug-likeness (QED) is 0.394. The number of nitrogens with two attached hydrogens (primary N) is 1. The van der Waals surface area contributed by atoms with E-state index in [4.69, 9.17) is 21.7 Å². The van der Waals surface area contributed by atoms with Gasteiger partial charge in [0.2, 0.25) is 0 Å². The van der Waals surface area contributed by atoms with Crippen molar-refractivity contribution in [3.63, 3.8) is 0 Å². The van der Waals surface area contributed by atoms with Gasteiger partial charge in [-0.25, -0.2) is 0 Å². The van der Waals surface area contributed by atoms with E-state index in [1.807, 2.05) is 18.2 Å². The van der Waals surface area contributed by atoms with Gasteiger partial charge in [-0.15, -0.1) is 0 Å². The third-order valence-corrected chi connectivity index (χ3v) is 12.8. The van der Waals surface area contributed by atoms with Crippen molar-refractivity contribution in [2.24, 2.45) is 5.73 Å². The second-order valence-electron chi connectivity index (χ2n) is 7.02. The molecule has 0 unspecified atom stereocenters. The summed E-state index contributed by atoms with van der Waals surface area (Å²) >= 11 is 7.97. The molecule has 148 valence electrons. The second-order valence-corrected chi connectivity index (χ2v) is 13.6. The number of halogens is 1. The molecule has 0 aromatic heterocycles. The predicted molar refractivity (Wildman–Crippen MR) is 125 cm³/mol. The Labute approximate surface area is 173 Å². The summed E-state index contributed by atoms with van der Waals surface area (Å²) in [4.78, 5) is 0. The molecule has 28 heavy (non-hydrogen) atoms. The Hall–Kier alpha value is -1.70. The maximum atomic E-state index is 7.97. The van der Waals surface area contributed by atoms with Gasteiger partial charge in [-0.3, -0.25) is 0 Å². The van der Waals surface area contributed by atoms with Gasteiger partial charge in [0.25, 0.3) is 0 Å². The molecular formula is C24H29ClNOP. The normalized spacial score (nSPS) is 13.0. The van der Waals surface area contributed by atoms with Crippen LogP contribution in [0.4, 0.5) is 0 Å². The van der Waals surface area contributed by atoms with Gasteiger partial charge in [-0.2, -0.15) is 0 Å². The zero-order chi connectivity index (χ0) is 19.7. The van der Waals surface area contributed by atoms with Gasteiger partial charge in [0.1, 0.15) is 0 Å². The van der Waals surface area contributed by atoms with E-state index in [2.05, 4.69) is 72.8 Å². The summed E-state index contributed by atoms with van der Waals surface area (Å²) in [6.45, 7) is 2.06. The molecule has 4 heteroatoms. The molecule has 3 aromatic rings. The van der Waals surface area contributed by atoms with Crippen LogP contribution in [0.15, 0.2) is 91.0 Å². The molecule has 3 aromatic carbocycles. The van der Waals surface area contributed by atoms with Crippen LogP contribution >= 0.6 is 17.2 Å². The van der Waals surface area contributed by atoms with E-state index in [-0.39, 0.29) is 0 Å². The molecule has 0 fully saturated rings. The van der Waals surface area contributed by atoms with Crippen LogP contribution in [-0.4, -0.2) is 25.9 Å². The van der Waals surface area contributed by atoms with E-state index in [0.717, 1.165) is 19.0 Å². The van der Waals surface area contributed by atoms with Gasteiger partial charge < -0.3 is 0 Å². The molecule has 0 aliphatic carbocycles. The molecule has 0 aliphatic rings. The van der Waals surface area contributed by atoms with Crippen LogP contribution in [0.1, 0.15) is 12.8 Å². The average molecular weight is 414 g/mol. The minimum atomic E-state index is -3.14. The van der Waals surface area contributed by atoms with Crippen LogP contribution in [0.5, 0.6) is 0 Å². The van der Waals surface area contributed by atoms with E-state index in [1.165, 1.54) is 15.9 Å². The van der Waals surface area contributed by atoms with E-state index in [1.54, 1.807) is 0 Å². The van der Waals surface area contributed by atoms with Crippen LogP contribution in [0.3, 0.4) is 0 Å². The second kappa shape index (κ2) is 9.67. The molecule has 0 heterocycles. The van der Waals surface area contributed by atoms with Crippen LogP contribution in [0.2, 0.25) is 0 Å². The SMILES string of the molecule is NCCCOCCCP(Cl)(c1ccccc1)(c1ccccc1)c1ccccc1. The fourth-order valence-electron chi connectivity index (χ4n) is 3.80. The van der Waals surface area contributed by atoms with E-state index >= 15 is 0 Å². The first-order valence-corrected chi connectivity index (χ1v) is 13.2. The molecule has 0 saturated heterocycles. The third-order valence-electron chi connectivity index (χ3n) is 5.24. The Kier molecular flexibility index (Phi) is 7.26. The molecule has 0 amide bonds. The topological polar surface area (TPSA) is 35.2 Å². The van der Waals surface area contributed by atoms with Crippen molar-refractivity contribution in [2.75, 3.05) is 25.9 Å². The van der Waals surface area contributed by atoms with E-state index in [0.29, 0.717) is 19.8 Å². The molecule has 3 rings (SSSR count). The zero-order valence-corrected chi connectivity index (χ0v) is 17.9. The van der Waals surface area contributed by atoms with Crippen LogP contribution in [0.25, 0.3) is 0 Å². The summed E-state index contributed by atoms with van der Waals surface area (Å²) in [6, 6.07) is 31.7. The summed E-state index contributed by atoms with van der Waals surface area (Å²) in [6.07, 6.45) is 2.64. The number of hydrogen-bond acceptors (Lipinski definition) is 2. The summed E-state index contributed by atoms with van der Waals surface area (Å²) in [5.74, 6) is -3.14.